The molecule has 7 rings (SSSR count). The molecule has 434 valence electrons. The van der Waals surface area contributed by atoms with Crippen LogP contribution in [0.1, 0.15) is 114 Å². The minimum Gasteiger partial charge on any atom is -0.458 e. The van der Waals surface area contributed by atoms with Gasteiger partial charge < -0.3 is 46.7 Å². The number of amides is 7. The number of carbonyl (C=O) groups is 8. The number of nitrogens with zero attached hydrogens (tertiary/aromatic N) is 4. The van der Waals surface area contributed by atoms with Gasteiger partial charge in [0, 0.05) is 18.4 Å². The van der Waals surface area contributed by atoms with Crippen molar-refractivity contribution in [2.45, 2.75) is 152 Å². The van der Waals surface area contributed by atoms with E-state index in [9.17, 15) is 50.0 Å². The van der Waals surface area contributed by atoms with Gasteiger partial charge in [0.2, 0.25) is 35.4 Å². The molecule has 4 aliphatic rings. The van der Waals surface area contributed by atoms with Crippen molar-refractivity contribution in [1.29, 1.82) is 0 Å². The summed E-state index contributed by atoms with van der Waals surface area (Å²) in [5, 5.41) is 66.2. The van der Waals surface area contributed by atoms with Crippen molar-refractivity contribution >= 4 is 58.9 Å². The van der Waals surface area contributed by atoms with E-state index in [0.717, 1.165) is 0 Å². The Balaban J connectivity index is 1.33. The second-order valence-electron chi connectivity index (χ2n) is 21.6. The lowest BCUT2D eigenvalue weighted by atomic mass is 9.90. The van der Waals surface area contributed by atoms with Crippen molar-refractivity contribution in [2.24, 2.45) is 23.7 Å². The van der Waals surface area contributed by atoms with Crippen molar-refractivity contribution in [3.05, 3.63) is 107 Å². The van der Waals surface area contributed by atoms with Crippen LogP contribution in [0.25, 0.3) is 0 Å². The van der Waals surface area contributed by atoms with E-state index in [-0.39, 0.29) is 65.9 Å². The van der Waals surface area contributed by atoms with E-state index in [1.165, 1.54) is 24.0 Å². The molecule has 2 aromatic carbocycles. The Morgan fingerprint density at radius 3 is 1.84 bits per heavy atom. The number of rotatable bonds is 17. The molecule has 2 saturated heterocycles. The Kier molecular flexibility index (Phi) is 20.2. The highest BCUT2D eigenvalue weighted by atomic mass is 35.5. The van der Waals surface area contributed by atoms with Crippen molar-refractivity contribution in [1.82, 2.24) is 52.0 Å². The van der Waals surface area contributed by atoms with Crippen LogP contribution < -0.4 is 31.9 Å². The predicted molar refractivity (Wildman–Crippen MR) is 285 cm³/mol. The summed E-state index contributed by atoms with van der Waals surface area (Å²) in [4.78, 5) is 120. The molecule has 11 N–H and O–H groups in total. The molecule has 16 unspecified atom stereocenters. The Morgan fingerprint density at radius 2 is 1.31 bits per heavy atom. The molecule has 2 saturated carbocycles. The molecule has 0 radical (unpaired) electrons. The number of ether oxygens (including phenoxy) is 1. The topological polar surface area (TPSA) is 334 Å². The van der Waals surface area contributed by atoms with Crippen LogP contribution >= 0.6 is 11.6 Å². The monoisotopic (exact) mass is 1130 g/mol. The number of benzene rings is 2. The molecule has 0 spiro atoms. The lowest BCUT2D eigenvalue weighted by Gasteiger charge is -2.34. The van der Waals surface area contributed by atoms with Crippen LogP contribution in [-0.4, -0.2) is 160 Å². The zero-order chi connectivity index (χ0) is 58.3. The first-order valence-corrected chi connectivity index (χ1v) is 27.4. The van der Waals surface area contributed by atoms with E-state index in [1.54, 1.807) is 94.4 Å². The van der Waals surface area contributed by atoms with Crippen LogP contribution in [0.4, 0.5) is 0 Å². The van der Waals surface area contributed by atoms with Crippen LogP contribution in [-0.2, 0) is 38.3 Å². The summed E-state index contributed by atoms with van der Waals surface area (Å²) in [5.41, 5.74) is 0.801. The molecule has 2 aliphatic heterocycles. The molecule has 2 aliphatic carbocycles. The Hall–Kier alpha value is -6.93. The zero-order valence-electron chi connectivity index (χ0n) is 45.3. The van der Waals surface area contributed by atoms with Gasteiger partial charge in [0.15, 0.2) is 0 Å². The maximum absolute atomic E-state index is 15.2. The summed E-state index contributed by atoms with van der Waals surface area (Å²) >= 11 is 6.00. The first-order valence-electron chi connectivity index (χ1n) is 27.0. The summed E-state index contributed by atoms with van der Waals surface area (Å²) in [5.74, 6) is -11.0. The Morgan fingerprint density at radius 1 is 0.762 bits per heavy atom. The molecule has 3 aromatic rings. The van der Waals surface area contributed by atoms with E-state index in [0.29, 0.717) is 22.3 Å². The first-order chi connectivity index (χ1) is 38.0. The van der Waals surface area contributed by atoms with Crippen LogP contribution in [0.3, 0.4) is 0 Å². The van der Waals surface area contributed by atoms with Crippen molar-refractivity contribution in [3.8, 4) is 0 Å². The number of fused-ring (bicyclic) bond motifs is 1. The maximum atomic E-state index is 15.2. The van der Waals surface area contributed by atoms with Gasteiger partial charge in [-0.25, -0.2) is 4.79 Å². The third kappa shape index (κ3) is 14.5. The van der Waals surface area contributed by atoms with Gasteiger partial charge in [0.1, 0.15) is 59.2 Å². The Labute approximate surface area is 468 Å². The van der Waals surface area contributed by atoms with Crippen LogP contribution in [0.2, 0.25) is 5.15 Å². The van der Waals surface area contributed by atoms with E-state index < -0.39 is 137 Å². The van der Waals surface area contributed by atoms with E-state index in [2.05, 4.69) is 31.9 Å². The number of allylic oxidation sites excluding steroid dienone is 1. The second kappa shape index (κ2) is 26.6. The van der Waals surface area contributed by atoms with E-state index >= 15 is 14.4 Å². The van der Waals surface area contributed by atoms with E-state index in [1.807, 2.05) is 13.0 Å². The fraction of sp³-hybridized carbons (Fsp3) is 0.527. The number of cyclic esters (lactones) is 1. The summed E-state index contributed by atoms with van der Waals surface area (Å²) in [7, 11) is 0. The highest BCUT2D eigenvalue weighted by molar-refractivity contribution is 6.30. The lowest BCUT2D eigenvalue weighted by Crippen LogP contribution is -2.62. The molecule has 7 amide bonds. The average molecular weight is 1130 g/mol. The number of hydrogen-bond donors (Lipinski definition) is 11. The molecule has 16 atom stereocenters. The standard InChI is InChI=1S/C55H73ClN10O14/c1-7-15-32-22-42-55(74)80-31(6)47(62-49(68)37(23-35-25-40(35)65(76)77)57-50(69)39-20-21-43(56)64(39)75)53(72)61-45(29(4)33-16-11-9-12-17-33)51(70)58-38(24-36-26-41(36)66(78)79)48(67)60-46(30(5)34-18-13-10-14-19-34)52(71)59-44(28(3)8-2)54(73)63(42)27-32/h7,9-21,28-32,35-38,40-42,44-47,75-79H,8,22-27H2,1-6H3,(H,57,69)(H,58,70)(H,59,71)(H,60,67)(H,61,72)(H,62,68)/b15-7+. The van der Waals surface area contributed by atoms with Gasteiger partial charge >= 0.3 is 5.97 Å². The normalized spacial score (nSPS) is 29.4. The molecule has 4 fully saturated rings. The van der Waals surface area contributed by atoms with Gasteiger partial charge in [-0.3, -0.25) is 54.4 Å². The highest BCUT2D eigenvalue weighted by Crippen LogP contribution is 2.39. The van der Waals surface area contributed by atoms with Gasteiger partial charge in [-0.1, -0.05) is 129 Å². The van der Waals surface area contributed by atoms with Crippen molar-refractivity contribution in [2.75, 3.05) is 6.54 Å². The molecule has 1 aromatic heterocycles. The molecule has 0 bridgehead atoms. The number of aromatic nitrogens is 1. The van der Waals surface area contributed by atoms with Gasteiger partial charge in [0.25, 0.3) is 5.91 Å². The summed E-state index contributed by atoms with van der Waals surface area (Å²) in [6.45, 7) is 10.0. The summed E-state index contributed by atoms with van der Waals surface area (Å²) < 4.78 is 6.48. The van der Waals surface area contributed by atoms with Crippen LogP contribution in [0, 0.1) is 23.7 Å². The third-order valence-corrected chi connectivity index (χ3v) is 16.3. The minimum atomic E-state index is -1.89. The van der Waals surface area contributed by atoms with Gasteiger partial charge in [-0.05, 0) is 92.9 Å². The fourth-order valence-corrected chi connectivity index (χ4v) is 10.9. The largest absolute Gasteiger partial charge is 0.458 e. The molecule has 80 heavy (non-hydrogen) atoms. The number of nitrogens with one attached hydrogen (secondary N) is 6. The Bertz CT molecular complexity index is 2750. The number of esters is 1. The first kappa shape index (κ1) is 60.7. The van der Waals surface area contributed by atoms with Gasteiger partial charge in [0.05, 0.1) is 12.1 Å². The molecule has 3 heterocycles. The zero-order valence-corrected chi connectivity index (χ0v) is 46.1. The maximum Gasteiger partial charge on any atom is 0.329 e. The van der Waals surface area contributed by atoms with Gasteiger partial charge in [-0.15, -0.1) is 0 Å². The summed E-state index contributed by atoms with van der Waals surface area (Å²) in [6, 6.07) is 7.66. The number of halogens is 1. The molecular formula is C55H73ClN10O14. The van der Waals surface area contributed by atoms with Crippen LogP contribution in [0.5, 0.6) is 0 Å². The van der Waals surface area contributed by atoms with Crippen molar-refractivity contribution < 1.29 is 69.1 Å². The van der Waals surface area contributed by atoms with E-state index in [4.69, 9.17) is 16.3 Å². The average Bonchev–Trinajstić information content (AvgIpc) is 4.33. The SMILES string of the molecule is C/C=C/C1CC2C(=O)OC(C)C(NC(=O)C(CC3CC3N(O)O)NC(=O)c3ccc(Cl)n3O)C(=O)NC(C(C)c3ccccc3)C(=O)NC(CC3CC3N(O)O)C(=O)NC(C(C)c3ccccc3)C(=O)NC(C(C)CC)C(=O)N2C1. The fourth-order valence-electron chi connectivity index (χ4n) is 10.7. The van der Waals surface area contributed by atoms with Crippen molar-refractivity contribution in [3.63, 3.8) is 0 Å². The summed E-state index contributed by atoms with van der Waals surface area (Å²) in [6.07, 6.45) is 2.39. The molecule has 25 heteroatoms. The highest BCUT2D eigenvalue weighted by Gasteiger charge is 2.49. The van der Waals surface area contributed by atoms with Crippen LogP contribution in [0.15, 0.2) is 84.9 Å². The lowest BCUT2D eigenvalue weighted by molar-refractivity contribution is -0.316. The predicted octanol–water partition coefficient (Wildman–Crippen LogP) is 3.01. The number of carbonyl (C=O) groups excluding carboxylic acids is 8. The smallest absolute Gasteiger partial charge is 0.329 e. The van der Waals surface area contributed by atoms with Gasteiger partial charge in [-0.2, -0.15) is 4.73 Å². The molecule has 24 nitrogen and oxygen atoms in total. The number of hydrogen-bond acceptors (Lipinski definition) is 16. The second-order valence-corrected chi connectivity index (χ2v) is 22.0. The minimum absolute atomic E-state index is 0.0161. The quantitative estimate of drug-likeness (QED) is 0.0401. The molecular weight excluding hydrogens is 1060 g/mol. The number of hydroxylamine groups is 4. The third-order valence-electron chi connectivity index (χ3n) is 16.0.